The quantitative estimate of drug-likeness (QED) is 0.552. The first kappa shape index (κ1) is 9.21. The second-order valence-electron chi connectivity index (χ2n) is 5.45. The second-order valence-corrected chi connectivity index (χ2v) is 5.45. The van der Waals surface area contributed by atoms with E-state index in [1.165, 1.54) is 12.8 Å². The van der Waals surface area contributed by atoms with Gasteiger partial charge in [-0.15, -0.1) is 0 Å². The van der Waals surface area contributed by atoms with Gasteiger partial charge in [-0.25, -0.2) is 0 Å². The highest BCUT2D eigenvalue weighted by atomic mass is 14.5. The monoisotopic (exact) mass is 198 g/mol. The van der Waals surface area contributed by atoms with E-state index in [1.54, 1.807) is 11.1 Å². The van der Waals surface area contributed by atoms with Gasteiger partial charge in [0, 0.05) is 0 Å². The summed E-state index contributed by atoms with van der Waals surface area (Å²) in [5.74, 6) is 1.50. The smallest absolute Gasteiger partial charge is 0.00321 e. The largest absolute Gasteiger partial charge is 0.0882 e. The molecule has 3 rings (SSSR count). The molecule has 0 amide bonds. The van der Waals surface area contributed by atoms with Crippen molar-refractivity contribution >= 4 is 0 Å². The van der Waals surface area contributed by atoms with Crippen molar-refractivity contribution in [2.24, 2.45) is 5.92 Å². The third-order valence-electron chi connectivity index (χ3n) is 4.31. The van der Waals surface area contributed by atoms with Crippen LogP contribution in [-0.4, -0.2) is 0 Å². The lowest BCUT2D eigenvalue weighted by Gasteiger charge is -2.31. The van der Waals surface area contributed by atoms with Crippen LogP contribution in [0.5, 0.6) is 0 Å². The first-order chi connectivity index (χ1) is 7.21. The second kappa shape index (κ2) is 2.98. The van der Waals surface area contributed by atoms with Crippen LogP contribution < -0.4 is 0 Å². The lowest BCUT2D eigenvalue weighted by atomic mass is 9.73. The fraction of sp³-hybridized carbons (Fsp3) is 0.467. The van der Waals surface area contributed by atoms with Gasteiger partial charge < -0.3 is 0 Å². The van der Waals surface area contributed by atoms with Crippen molar-refractivity contribution in [3.05, 3.63) is 47.5 Å². The van der Waals surface area contributed by atoms with E-state index in [0.29, 0.717) is 5.41 Å². The molecule has 0 N–H and O–H groups in total. The molecule has 0 nitrogen and oxygen atoms in total. The van der Waals surface area contributed by atoms with Crippen molar-refractivity contribution in [1.29, 1.82) is 0 Å². The molecule has 0 aliphatic heterocycles. The zero-order valence-electron chi connectivity index (χ0n) is 9.53. The predicted octanol–water partition coefficient (Wildman–Crippen LogP) is 4.03. The van der Waals surface area contributed by atoms with Crippen LogP contribution in [0.1, 0.15) is 43.7 Å². The Hall–Kier alpha value is -1.04. The van der Waals surface area contributed by atoms with Gasteiger partial charge in [0.2, 0.25) is 0 Å². The number of benzene rings is 1. The third kappa shape index (κ3) is 1.14. The van der Waals surface area contributed by atoms with E-state index in [-0.39, 0.29) is 0 Å². The Balaban J connectivity index is 2.20. The molecule has 0 spiro atoms. The van der Waals surface area contributed by atoms with E-state index in [9.17, 15) is 0 Å². The molecule has 0 fully saturated rings. The van der Waals surface area contributed by atoms with E-state index in [1.807, 2.05) is 0 Å². The van der Waals surface area contributed by atoms with Crippen LogP contribution in [0.25, 0.3) is 0 Å². The van der Waals surface area contributed by atoms with Crippen LogP contribution in [0, 0.1) is 5.92 Å². The van der Waals surface area contributed by atoms with Crippen molar-refractivity contribution in [2.45, 2.75) is 38.0 Å². The summed E-state index contributed by atoms with van der Waals surface area (Å²) in [7, 11) is 0. The SMILES string of the molecule is CC1(C)c2ccccc2C2CCC=CC21. The fourth-order valence-corrected chi connectivity index (χ4v) is 3.51. The van der Waals surface area contributed by atoms with Crippen molar-refractivity contribution in [3.63, 3.8) is 0 Å². The molecule has 0 saturated carbocycles. The van der Waals surface area contributed by atoms with E-state index in [2.05, 4.69) is 50.3 Å². The van der Waals surface area contributed by atoms with Crippen molar-refractivity contribution in [3.8, 4) is 0 Å². The van der Waals surface area contributed by atoms with Gasteiger partial charge in [0.25, 0.3) is 0 Å². The summed E-state index contributed by atoms with van der Waals surface area (Å²) in [5, 5.41) is 0. The maximum Gasteiger partial charge on any atom is -0.00321 e. The topological polar surface area (TPSA) is 0 Å². The molecule has 0 bridgehead atoms. The Bertz CT molecular complexity index is 412. The summed E-state index contributed by atoms with van der Waals surface area (Å²) in [5.41, 5.74) is 3.52. The summed E-state index contributed by atoms with van der Waals surface area (Å²) in [4.78, 5) is 0. The van der Waals surface area contributed by atoms with Crippen LogP contribution in [0.2, 0.25) is 0 Å². The summed E-state index contributed by atoms with van der Waals surface area (Å²) in [6.07, 6.45) is 7.41. The highest BCUT2D eigenvalue weighted by Crippen LogP contribution is 2.53. The van der Waals surface area contributed by atoms with Gasteiger partial charge in [-0.05, 0) is 41.2 Å². The molecule has 0 heterocycles. The van der Waals surface area contributed by atoms with Gasteiger partial charge in [-0.2, -0.15) is 0 Å². The number of allylic oxidation sites excluding steroid dienone is 2. The first-order valence-corrected chi connectivity index (χ1v) is 5.97. The van der Waals surface area contributed by atoms with Gasteiger partial charge in [0.05, 0.1) is 0 Å². The van der Waals surface area contributed by atoms with E-state index in [0.717, 1.165) is 11.8 Å². The molecule has 2 atom stereocenters. The molecule has 0 saturated heterocycles. The first-order valence-electron chi connectivity index (χ1n) is 5.97. The predicted molar refractivity (Wildman–Crippen MR) is 64.1 cm³/mol. The number of hydrogen-bond acceptors (Lipinski definition) is 0. The Morgan fingerprint density at radius 2 is 2.00 bits per heavy atom. The molecule has 2 aliphatic carbocycles. The molecule has 0 heteroatoms. The summed E-state index contributed by atoms with van der Waals surface area (Å²) >= 11 is 0. The zero-order valence-corrected chi connectivity index (χ0v) is 9.53. The maximum absolute atomic E-state index is 2.45. The van der Waals surface area contributed by atoms with Crippen LogP contribution in [0.3, 0.4) is 0 Å². The fourth-order valence-electron chi connectivity index (χ4n) is 3.51. The molecule has 2 unspecified atom stereocenters. The van der Waals surface area contributed by atoms with Crippen LogP contribution in [-0.2, 0) is 5.41 Å². The van der Waals surface area contributed by atoms with Crippen molar-refractivity contribution < 1.29 is 0 Å². The molecule has 1 aromatic carbocycles. The minimum absolute atomic E-state index is 0.332. The van der Waals surface area contributed by atoms with Crippen LogP contribution >= 0.6 is 0 Å². The Kier molecular flexibility index (Phi) is 1.83. The Morgan fingerprint density at radius 3 is 2.87 bits per heavy atom. The van der Waals surface area contributed by atoms with Gasteiger partial charge in [0.15, 0.2) is 0 Å². The average molecular weight is 198 g/mol. The molecule has 1 aromatic rings. The van der Waals surface area contributed by atoms with Gasteiger partial charge in [0.1, 0.15) is 0 Å². The average Bonchev–Trinajstić information content (AvgIpc) is 2.51. The van der Waals surface area contributed by atoms with Crippen LogP contribution in [0.4, 0.5) is 0 Å². The summed E-state index contributed by atoms with van der Waals surface area (Å²) in [6.45, 7) is 4.79. The minimum Gasteiger partial charge on any atom is -0.0882 e. The summed E-state index contributed by atoms with van der Waals surface area (Å²) in [6, 6.07) is 9.03. The molecule has 78 valence electrons. The highest BCUT2D eigenvalue weighted by Gasteiger charge is 2.44. The van der Waals surface area contributed by atoms with E-state index in [4.69, 9.17) is 0 Å². The van der Waals surface area contributed by atoms with Crippen molar-refractivity contribution in [1.82, 2.24) is 0 Å². The van der Waals surface area contributed by atoms with Crippen LogP contribution in [0.15, 0.2) is 36.4 Å². The highest BCUT2D eigenvalue weighted by molar-refractivity contribution is 5.45. The van der Waals surface area contributed by atoms with E-state index >= 15 is 0 Å². The van der Waals surface area contributed by atoms with E-state index < -0.39 is 0 Å². The Morgan fingerprint density at radius 1 is 1.20 bits per heavy atom. The molecule has 0 aromatic heterocycles. The normalized spacial score (nSPS) is 31.1. The standard InChI is InChI=1S/C15H18/c1-15(2)13-9-5-3-7-11(13)12-8-4-6-10-14(12)15/h3,5-7,9-10,12,14H,4,8H2,1-2H3. The molecule has 2 aliphatic rings. The third-order valence-corrected chi connectivity index (χ3v) is 4.31. The lowest BCUT2D eigenvalue weighted by Crippen LogP contribution is -2.25. The maximum atomic E-state index is 2.45. The van der Waals surface area contributed by atoms with Gasteiger partial charge >= 0.3 is 0 Å². The van der Waals surface area contributed by atoms with Crippen molar-refractivity contribution in [2.75, 3.05) is 0 Å². The lowest BCUT2D eigenvalue weighted by molar-refractivity contribution is 0.347. The summed E-state index contributed by atoms with van der Waals surface area (Å²) < 4.78 is 0. The number of fused-ring (bicyclic) bond motifs is 3. The Labute approximate surface area is 92.0 Å². The minimum atomic E-state index is 0.332. The van der Waals surface area contributed by atoms with Gasteiger partial charge in [-0.1, -0.05) is 50.3 Å². The molecule has 0 radical (unpaired) electrons. The number of hydrogen-bond donors (Lipinski definition) is 0. The molecular formula is C15H18. The number of rotatable bonds is 0. The zero-order chi connectivity index (χ0) is 10.5. The van der Waals surface area contributed by atoms with Gasteiger partial charge in [-0.3, -0.25) is 0 Å². The molecular weight excluding hydrogens is 180 g/mol. The molecule has 15 heavy (non-hydrogen) atoms.